The lowest BCUT2D eigenvalue weighted by atomic mass is 10.1. The molecule has 0 fully saturated rings. The van der Waals surface area contributed by atoms with Gasteiger partial charge in [0, 0.05) is 18.0 Å². The van der Waals surface area contributed by atoms with Crippen LogP contribution in [0.4, 0.5) is 13.2 Å². The summed E-state index contributed by atoms with van der Waals surface area (Å²) in [4.78, 5) is 35.1. The van der Waals surface area contributed by atoms with E-state index in [0.717, 1.165) is 10.7 Å². The Morgan fingerprint density at radius 2 is 2.00 bits per heavy atom. The van der Waals surface area contributed by atoms with Crippen LogP contribution in [0.25, 0.3) is 21.3 Å². The molecular weight excluding hydrogens is 415 g/mol. The standard InChI is InChI=1S/C17H12F3N3O5S/c1-23-9(5-10(22-23)17(18,19)20)7-3-2-4-8-13(26)12(16(28)29-14(7)8)15(27)21-6-11(24)25/h2-5,26H,6H2,1H3,(H,21,27)(H,24,25). The van der Waals surface area contributed by atoms with Crippen molar-refractivity contribution in [3.63, 3.8) is 0 Å². The Morgan fingerprint density at radius 1 is 1.31 bits per heavy atom. The van der Waals surface area contributed by atoms with Crippen LogP contribution >= 0.6 is 11.3 Å². The number of carboxylic acids is 1. The fraction of sp³-hybridized carbons (Fsp3) is 0.176. The molecule has 0 spiro atoms. The largest absolute Gasteiger partial charge is 0.506 e. The van der Waals surface area contributed by atoms with Crippen LogP contribution in [0.15, 0.2) is 29.1 Å². The van der Waals surface area contributed by atoms with Gasteiger partial charge < -0.3 is 15.5 Å². The molecule has 29 heavy (non-hydrogen) atoms. The van der Waals surface area contributed by atoms with Gasteiger partial charge in [-0.15, -0.1) is 0 Å². The first kappa shape index (κ1) is 20.3. The number of amides is 1. The monoisotopic (exact) mass is 427 g/mol. The maximum absolute atomic E-state index is 13.0. The minimum atomic E-state index is -4.66. The number of carbonyl (C=O) groups is 2. The molecule has 0 aliphatic rings. The lowest BCUT2D eigenvalue weighted by molar-refractivity contribution is -0.141. The molecule has 1 amide bonds. The Balaban J connectivity index is 2.19. The molecule has 0 atom stereocenters. The van der Waals surface area contributed by atoms with Gasteiger partial charge in [-0.05, 0) is 12.1 Å². The van der Waals surface area contributed by atoms with Gasteiger partial charge in [0.05, 0.1) is 10.4 Å². The van der Waals surface area contributed by atoms with Gasteiger partial charge in [-0.1, -0.05) is 23.5 Å². The molecular formula is C17H12F3N3O5S. The molecule has 0 aliphatic carbocycles. The van der Waals surface area contributed by atoms with E-state index >= 15 is 0 Å². The Bertz CT molecular complexity index is 1200. The number of fused-ring (bicyclic) bond motifs is 1. The van der Waals surface area contributed by atoms with Crippen molar-refractivity contribution >= 4 is 33.3 Å². The Labute approximate surface area is 163 Å². The molecule has 3 N–H and O–H groups in total. The molecule has 0 saturated heterocycles. The fourth-order valence-electron chi connectivity index (χ4n) is 2.71. The Hall–Kier alpha value is -3.41. The van der Waals surface area contributed by atoms with Crippen LogP contribution in [-0.2, 0) is 18.0 Å². The van der Waals surface area contributed by atoms with Crippen molar-refractivity contribution in [1.82, 2.24) is 15.1 Å². The molecule has 3 rings (SSSR count). The number of aromatic nitrogens is 2. The summed E-state index contributed by atoms with van der Waals surface area (Å²) in [5, 5.41) is 24.5. The van der Waals surface area contributed by atoms with Gasteiger partial charge in [0.2, 0.25) is 4.74 Å². The third kappa shape index (κ3) is 3.78. The number of hydrogen-bond donors (Lipinski definition) is 3. The van der Waals surface area contributed by atoms with Crippen molar-refractivity contribution in [2.75, 3.05) is 6.54 Å². The normalized spacial score (nSPS) is 11.6. The molecule has 0 saturated carbocycles. The highest BCUT2D eigenvalue weighted by atomic mass is 32.1. The predicted octanol–water partition coefficient (Wildman–Crippen LogP) is 2.20. The molecule has 152 valence electrons. The zero-order chi connectivity index (χ0) is 21.5. The van der Waals surface area contributed by atoms with Gasteiger partial charge in [-0.25, -0.2) is 0 Å². The quantitative estimate of drug-likeness (QED) is 0.587. The summed E-state index contributed by atoms with van der Waals surface area (Å²) in [7, 11) is 1.31. The maximum atomic E-state index is 13.0. The molecule has 0 radical (unpaired) electrons. The van der Waals surface area contributed by atoms with Crippen molar-refractivity contribution in [2.45, 2.75) is 6.18 Å². The van der Waals surface area contributed by atoms with E-state index in [1.165, 1.54) is 25.2 Å². The topological polar surface area (TPSA) is 122 Å². The minimum Gasteiger partial charge on any atom is -0.506 e. The number of nitrogens with one attached hydrogen (secondary N) is 1. The van der Waals surface area contributed by atoms with Crippen LogP contribution < -0.4 is 10.1 Å². The zero-order valence-corrected chi connectivity index (χ0v) is 15.4. The molecule has 8 nitrogen and oxygen atoms in total. The van der Waals surface area contributed by atoms with E-state index in [2.05, 4.69) is 5.10 Å². The number of alkyl halides is 3. The summed E-state index contributed by atoms with van der Waals surface area (Å²) in [5.41, 5.74) is -1.49. The number of nitrogens with zero attached hydrogens (tertiary/aromatic N) is 2. The van der Waals surface area contributed by atoms with Gasteiger partial charge in [-0.2, -0.15) is 18.3 Å². The molecule has 0 bridgehead atoms. The number of benzene rings is 1. The van der Waals surface area contributed by atoms with Crippen LogP contribution in [0.2, 0.25) is 0 Å². The van der Waals surface area contributed by atoms with Crippen molar-refractivity contribution in [3.05, 3.63) is 45.1 Å². The second-order valence-electron chi connectivity index (χ2n) is 5.91. The van der Waals surface area contributed by atoms with Gasteiger partial charge in [0.1, 0.15) is 17.9 Å². The fourth-order valence-corrected chi connectivity index (χ4v) is 3.75. The molecule has 12 heteroatoms. The Kier molecular flexibility index (Phi) is 5.05. The van der Waals surface area contributed by atoms with E-state index in [-0.39, 0.29) is 21.3 Å². The summed E-state index contributed by atoms with van der Waals surface area (Å²) in [6, 6.07) is 5.10. The molecule has 2 heterocycles. The van der Waals surface area contributed by atoms with Crippen LogP contribution in [0.3, 0.4) is 0 Å². The molecule has 2 aromatic heterocycles. The van der Waals surface area contributed by atoms with Crippen LogP contribution in [0.5, 0.6) is 5.75 Å². The highest BCUT2D eigenvalue weighted by Crippen LogP contribution is 2.38. The number of aliphatic carboxylic acids is 1. The third-order valence-electron chi connectivity index (χ3n) is 3.98. The first-order chi connectivity index (χ1) is 13.5. The number of aryl methyl sites for hydroxylation is 1. The van der Waals surface area contributed by atoms with Crippen molar-refractivity contribution in [3.8, 4) is 17.0 Å². The number of hydrogen-bond acceptors (Lipinski definition) is 6. The van der Waals surface area contributed by atoms with Gasteiger partial charge in [0.15, 0.2) is 5.69 Å². The average Bonchev–Trinajstić information content (AvgIpc) is 3.01. The first-order valence-electron chi connectivity index (χ1n) is 7.91. The van der Waals surface area contributed by atoms with E-state index in [0.29, 0.717) is 11.3 Å². The zero-order valence-electron chi connectivity index (χ0n) is 14.6. The summed E-state index contributed by atoms with van der Waals surface area (Å²) < 4.78 is 39.2. The van der Waals surface area contributed by atoms with E-state index in [1.54, 1.807) is 0 Å². The van der Waals surface area contributed by atoms with Crippen LogP contribution in [0.1, 0.15) is 16.1 Å². The highest BCUT2D eigenvalue weighted by molar-refractivity contribution is 7.17. The number of carboxylic acid groups (broad SMARTS) is 1. The SMILES string of the molecule is Cn1nc(C(F)(F)F)cc1-c1cccc2c(O)c(C(=O)NCC(=O)O)c(=O)sc12. The van der Waals surface area contributed by atoms with E-state index in [9.17, 15) is 32.7 Å². The second-order valence-corrected chi connectivity index (χ2v) is 6.89. The number of carbonyl (C=O) groups excluding carboxylic acids is 1. The van der Waals surface area contributed by atoms with Crippen molar-refractivity contribution < 1.29 is 33.0 Å². The van der Waals surface area contributed by atoms with Gasteiger partial charge in [0.25, 0.3) is 5.91 Å². The first-order valence-corrected chi connectivity index (χ1v) is 8.72. The molecule has 0 unspecified atom stereocenters. The van der Waals surface area contributed by atoms with Gasteiger partial charge >= 0.3 is 12.1 Å². The van der Waals surface area contributed by atoms with Gasteiger partial charge in [-0.3, -0.25) is 19.1 Å². The lowest BCUT2D eigenvalue weighted by Crippen LogP contribution is -2.32. The Morgan fingerprint density at radius 3 is 2.59 bits per heavy atom. The smallest absolute Gasteiger partial charge is 0.435 e. The third-order valence-corrected chi connectivity index (χ3v) is 5.01. The molecule has 1 aromatic carbocycles. The number of rotatable bonds is 4. The van der Waals surface area contributed by atoms with E-state index in [1.807, 2.05) is 5.32 Å². The van der Waals surface area contributed by atoms with Crippen LogP contribution in [0, 0.1) is 0 Å². The second kappa shape index (κ2) is 7.20. The number of aromatic hydroxyl groups is 1. The minimum absolute atomic E-state index is 0.0565. The van der Waals surface area contributed by atoms with E-state index in [4.69, 9.17) is 5.11 Å². The highest BCUT2D eigenvalue weighted by Gasteiger charge is 2.35. The van der Waals surface area contributed by atoms with Crippen molar-refractivity contribution in [2.24, 2.45) is 7.05 Å². The van der Waals surface area contributed by atoms with Crippen molar-refractivity contribution in [1.29, 1.82) is 0 Å². The summed E-state index contributed by atoms with van der Waals surface area (Å²) in [6.07, 6.45) is -4.66. The molecule has 3 aromatic rings. The number of halogens is 3. The predicted molar refractivity (Wildman–Crippen MR) is 96.9 cm³/mol. The average molecular weight is 427 g/mol. The summed E-state index contributed by atoms with van der Waals surface area (Å²) in [6.45, 7) is -0.754. The van der Waals surface area contributed by atoms with E-state index < -0.39 is 46.3 Å². The molecule has 0 aliphatic heterocycles. The summed E-state index contributed by atoms with van der Waals surface area (Å²) >= 11 is 0.546. The summed E-state index contributed by atoms with van der Waals surface area (Å²) in [5.74, 6) is -3.10. The maximum Gasteiger partial charge on any atom is 0.435 e. The van der Waals surface area contributed by atoms with Crippen LogP contribution in [-0.4, -0.2) is 38.4 Å². The lowest BCUT2D eigenvalue weighted by Gasteiger charge is -2.10.